The number of rotatable bonds is 9. The lowest BCUT2D eigenvalue weighted by Crippen LogP contribution is -2.50. The maximum absolute atomic E-state index is 13.6. The number of likely N-dealkylation sites (N-methyl/N-ethyl adjacent to an activating group) is 1. The predicted octanol–water partition coefficient (Wildman–Crippen LogP) is 3.99. The first-order chi connectivity index (χ1) is 18.1. The van der Waals surface area contributed by atoms with Gasteiger partial charge in [0.1, 0.15) is 0 Å². The number of aromatic nitrogens is 2. The average molecular weight is 563 g/mol. The van der Waals surface area contributed by atoms with E-state index in [1.165, 1.54) is 11.9 Å². The fourth-order valence-corrected chi connectivity index (χ4v) is 3.72. The molecule has 14 heteroatoms. The predicted molar refractivity (Wildman–Crippen MR) is 133 cm³/mol. The summed E-state index contributed by atoms with van der Waals surface area (Å²) < 4.78 is 78.8. The van der Waals surface area contributed by atoms with Crippen molar-refractivity contribution in [3.63, 3.8) is 0 Å². The Morgan fingerprint density at radius 2 is 1.67 bits per heavy atom. The maximum atomic E-state index is 13.6. The van der Waals surface area contributed by atoms with Gasteiger partial charge in [0.2, 0.25) is 11.9 Å². The lowest BCUT2D eigenvalue weighted by molar-refractivity contribution is -0.138. The van der Waals surface area contributed by atoms with Crippen molar-refractivity contribution in [2.24, 2.45) is 0 Å². The molecular formula is C25H32F6N6O2. The third-order valence-corrected chi connectivity index (χ3v) is 6.19. The molecule has 0 spiro atoms. The van der Waals surface area contributed by atoms with Crippen LogP contribution in [0.4, 0.5) is 32.3 Å². The summed E-state index contributed by atoms with van der Waals surface area (Å²) in [5.74, 6) is -0.915. The summed E-state index contributed by atoms with van der Waals surface area (Å²) in [6, 6.07) is -0.684. The van der Waals surface area contributed by atoms with Crippen LogP contribution < -0.4 is 15.5 Å². The zero-order valence-corrected chi connectivity index (χ0v) is 22.1. The number of halogens is 6. The number of piperazine rings is 1. The van der Waals surface area contributed by atoms with Gasteiger partial charge in [0, 0.05) is 69.4 Å². The fourth-order valence-electron chi connectivity index (χ4n) is 3.72. The Hall–Kier alpha value is -3.58. The molecule has 2 N–H and O–H groups in total. The fraction of sp³-hybridized carbons (Fsp3) is 0.520. The summed E-state index contributed by atoms with van der Waals surface area (Å²) in [5, 5.41) is 4.96. The van der Waals surface area contributed by atoms with Crippen molar-refractivity contribution in [1.29, 1.82) is 0 Å². The molecule has 1 unspecified atom stereocenters. The topological polar surface area (TPSA) is 90.5 Å². The van der Waals surface area contributed by atoms with Gasteiger partial charge in [-0.05, 0) is 26.3 Å². The van der Waals surface area contributed by atoms with Crippen molar-refractivity contribution in [3.05, 3.63) is 53.0 Å². The minimum atomic E-state index is -4.74. The molecular weight excluding hydrogens is 530 g/mol. The number of carbonyl (C=O) groups excluding carboxylic acids is 2. The second-order valence-electron chi connectivity index (χ2n) is 9.05. The summed E-state index contributed by atoms with van der Waals surface area (Å²) in [5.41, 5.74) is -2.16. The van der Waals surface area contributed by atoms with Crippen LogP contribution in [-0.4, -0.2) is 72.1 Å². The maximum Gasteiger partial charge on any atom is 0.419 e. The molecule has 1 aromatic heterocycles. The number of anilines is 1. The number of nitrogens with zero attached hydrogens (tertiary/aromatic N) is 4. The van der Waals surface area contributed by atoms with Gasteiger partial charge in [-0.25, -0.2) is 9.97 Å². The first-order valence-electron chi connectivity index (χ1n) is 12.2. The zero-order chi connectivity index (χ0) is 29.5. The van der Waals surface area contributed by atoms with Gasteiger partial charge in [-0.15, -0.1) is 0 Å². The first-order valence-corrected chi connectivity index (χ1v) is 12.2. The normalized spacial score (nSPS) is 16.4. The van der Waals surface area contributed by atoms with E-state index in [0.29, 0.717) is 37.5 Å². The molecule has 8 nitrogen and oxygen atoms in total. The van der Waals surface area contributed by atoms with Gasteiger partial charge in [0.25, 0.3) is 5.91 Å². The standard InChI is InChI=1S/C25H32F6N6O2/c1-6-15(2)19(12-20(17(4)32-5)25(29,30)31)22(39)35-16(3)11-21(38)36-7-9-37(10-8-36)23-33-13-18(14-34-23)24(26,27)28/h12-14,16,32H,4,6-11H2,1-3,5H3,(H,35,39)/b19-15-,20-12+. The number of hydrogen-bond acceptors (Lipinski definition) is 6. The lowest BCUT2D eigenvalue weighted by atomic mass is 10.0. The molecule has 0 aliphatic carbocycles. The molecule has 2 amide bonds. The number of hydrogen-bond donors (Lipinski definition) is 2. The van der Waals surface area contributed by atoms with Crippen LogP contribution in [-0.2, 0) is 15.8 Å². The van der Waals surface area contributed by atoms with E-state index >= 15 is 0 Å². The first kappa shape index (κ1) is 31.6. The third-order valence-electron chi connectivity index (χ3n) is 6.19. The summed E-state index contributed by atoms with van der Waals surface area (Å²) in [4.78, 5) is 36.4. The van der Waals surface area contributed by atoms with Crippen LogP contribution in [0.5, 0.6) is 0 Å². The van der Waals surface area contributed by atoms with Crippen molar-refractivity contribution >= 4 is 17.8 Å². The van der Waals surface area contributed by atoms with Crippen molar-refractivity contribution < 1.29 is 35.9 Å². The van der Waals surface area contributed by atoms with E-state index in [0.717, 1.165) is 6.08 Å². The molecule has 39 heavy (non-hydrogen) atoms. The highest BCUT2D eigenvalue weighted by Gasteiger charge is 2.36. The van der Waals surface area contributed by atoms with E-state index in [2.05, 4.69) is 27.2 Å². The minimum Gasteiger partial charge on any atom is -0.388 e. The summed E-state index contributed by atoms with van der Waals surface area (Å²) in [7, 11) is 1.29. The monoisotopic (exact) mass is 562 g/mol. The minimum absolute atomic E-state index is 0.0972. The summed E-state index contributed by atoms with van der Waals surface area (Å²) in [6.07, 6.45) is -6.89. The molecule has 0 saturated carbocycles. The average Bonchev–Trinajstić information content (AvgIpc) is 2.87. The highest BCUT2D eigenvalue weighted by Crippen LogP contribution is 2.31. The molecule has 1 atom stereocenters. The molecule has 1 aromatic rings. The molecule has 1 aliphatic heterocycles. The van der Waals surface area contributed by atoms with Crippen molar-refractivity contribution in [1.82, 2.24) is 25.5 Å². The van der Waals surface area contributed by atoms with Crippen molar-refractivity contribution in [2.75, 3.05) is 38.1 Å². The van der Waals surface area contributed by atoms with E-state index in [-0.39, 0.29) is 42.6 Å². The number of carbonyl (C=O) groups is 2. The van der Waals surface area contributed by atoms with Gasteiger partial charge in [-0.1, -0.05) is 19.1 Å². The molecule has 2 rings (SSSR count). The smallest absolute Gasteiger partial charge is 0.388 e. The Morgan fingerprint density at radius 1 is 1.10 bits per heavy atom. The second-order valence-corrected chi connectivity index (χ2v) is 9.05. The van der Waals surface area contributed by atoms with E-state index in [1.54, 1.807) is 25.7 Å². The van der Waals surface area contributed by atoms with Gasteiger partial charge in [-0.2, -0.15) is 26.3 Å². The second kappa shape index (κ2) is 13.0. The Morgan fingerprint density at radius 3 is 2.13 bits per heavy atom. The van der Waals surface area contributed by atoms with E-state index in [9.17, 15) is 35.9 Å². The van der Waals surface area contributed by atoms with Crippen molar-refractivity contribution in [3.8, 4) is 0 Å². The zero-order valence-electron chi connectivity index (χ0n) is 22.1. The number of amides is 2. The molecule has 0 radical (unpaired) electrons. The lowest BCUT2D eigenvalue weighted by Gasteiger charge is -2.35. The molecule has 2 heterocycles. The number of nitrogens with one attached hydrogen (secondary N) is 2. The van der Waals surface area contributed by atoms with Crippen LogP contribution in [0.2, 0.25) is 0 Å². The number of alkyl halides is 6. The SMILES string of the molecule is C=C(NC)/C(=C\C(C(=O)NC(C)CC(=O)N1CCN(c2ncc(C(F)(F)F)cn2)CC1)=C(/C)CC)C(F)(F)F. The third kappa shape index (κ3) is 8.72. The number of allylic oxidation sites excluding steroid dienone is 2. The Labute approximate surface area is 222 Å². The summed E-state index contributed by atoms with van der Waals surface area (Å²) >= 11 is 0. The quantitative estimate of drug-likeness (QED) is 0.269. The van der Waals surface area contributed by atoms with Gasteiger partial charge in [0.15, 0.2) is 0 Å². The highest BCUT2D eigenvalue weighted by atomic mass is 19.4. The molecule has 1 fully saturated rings. The van der Waals surface area contributed by atoms with E-state index in [4.69, 9.17) is 0 Å². The largest absolute Gasteiger partial charge is 0.419 e. The van der Waals surface area contributed by atoms with E-state index < -0.39 is 35.4 Å². The molecule has 1 saturated heterocycles. The van der Waals surface area contributed by atoms with Gasteiger partial charge >= 0.3 is 12.4 Å². The van der Waals surface area contributed by atoms with Gasteiger partial charge in [-0.3, -0.25) is 9.59 Å². The van der Waals surface area contributed by atoms with Gasteiger partial charge < -0.3 is 20.4 Å². The molecule has 0 bridgehead atoms. The van der Waals surface area contributed by atoms with Crippen molar-refractivity contribution in [2.45, 2.75) is 52.0 Å². The molecule has 216 valence electrons. The Balaban J connectivity index is 2.01. The van der Waals surface area contributed by atoms with Crippen LogP contribution in [0.25, 0.3) is 0 Å². The van der Waals surface area contributed by atoms with Crippen LogP contribution >= 0.6 is 0 Å². The molecule has 1 aliphatic rings. The van der Waals surface area contributed by atoms with Gasteiger partial charge in [0.05, 0.1) is 11.1 Å². The Kier molecular flexibility index (Phi) is 10.5. The van der Waals surface area contributed by atoms with Crippen LogP contribution in [0.1, 0.15) is 39.2 Å². The summed E-state index contributed by atoms with van der Waals surface area (Å²) in [6.45, 7) is 9.30. The highest BCUT2D eigenvalue weighted by molar-refractivity contribution is 5.97. The van der Waals surface area contributed by atoms with Crippen LogP contribution in [0.3, 0.4) is 0 Å². The van der Waals surface area contributed by atoms with Crippen LogP contribution in [0, 0.1) is 0 Å². The Bertz CT molecular complexity index is 1100. The van der Waals surface area contributed by atoms with Crippen LogP contribution in [0.15, 0.2) is 47.5 Å². The van der Waals surface area contributed by atoms with E-state index in [1.807, 2.05) is 0 Å². The molecule has 0 aromatic carbocycles.